The monoisotopic (exact) mass is 284 g/mol. The van der Waals surface area contributed by atoms with Crippen molar-refractivity contribution in [2.75, 3.05) is 19.3 Å². The van der Waals surface area contributed by atoms with E-state index in [9.17, 15) is 4.79 Å². The minimum absolute atomic E-state index is 0.0937. The van der Waals surface area contributed by atoms with Crippen LogP contribution in [0.3, 0.4) is 0 Å². The molecule has 1 N–H and O–H groups in total. The van der Waals surface area contributed by atoms with Gasteiger partial charge in [-0.3, -0.25) is 4.79 Å². The molecule has 0 aromatic heterocycles. The first kappa shape index (κ1) is 14.4. The maximum atomic E-state index is 11.8. The summed E-state index contributed by atoms with van der Waals surface area (Å²) in [5.41, 5.74) is 0.648. The molecule has 1 aromatic carbocycles. The zero-order valence-electron chi connectivity index (χ0n) is 11.2. The lowest BCUT2D eigenvalue weighted by Gasteiger charge is -2.32. The zero-order valence-corrected chi connectivity index (χ0v) is 12.1. The molecule has 1 aliphatic rings. The summed E-state index contributed by atoms with van der Waals surface area (Å²) in [6.45, 7) is 4.77. The average Bonchev–Trinajstić information content (AvgIpc) is 2.38. The summed E-state index contributed by atoms with van der Waals surface area (Å²) in [6.07, 6.45) is 0.369. The first-order valence-corrected chi connectivity index (χ1v) is 8.10. The molecule has 0 radical (unpaired) electrons. The van der Waals surface area contributed by atoms with Crippen LogP contribution in [0.4, 0.5) is 0 Å². The number of hydrogen-bond acceptors (Lipinski definition) is 4. The molecule has 0 atom stereocenters. The third kappa shape index (κ3) is 3.74. The Hall–Kier alpha value is -1.00. The van der Waals surface area contributed by atoms with Gasteiger partial charge in [0.1, 0.15) is 0 Å². The number of hydrogen-bond donors (Lipinski definition) is 1. The molecule has 0 unspecified atom stereocenters. The van der Waals surface area contributed by atoms with Crippen LogP contribution in [0, 0.1) is 0 Å². The molecule has 6 heteroatoms. The molecule has 1 saturated heterocycles. The van der Waals surface area contributed by atoms with Crippen molar-refractivity contribution in [2.45, 2.75) is 20.1 Å². The van der Waals surface area contributed by atoms with Crippen molar-refractivity contribution in [1.29, 1.82) is 0 Å². The molecular formula is C13H19NO4P+. The molecule has 104 valence electrons. The predicted molar refractivity (Wildman–Crippen MR) is 73.8 cm³/mol. The average molecular weight is 284 g/mol. The van der Waals surface area contributed by atoms with Crippen molar-refractivity contribution in [3.63, 3.8) is 0 Å². The Kier molecular flexibility index (Phi) is 4.88. The summed E-state index contributed by atoms with van der Waals surface area (Å²) in [5, 5.41) is 2.84. The van der Waals surface area contributed by atoms with Crippen molar-refractivity contribution in [1.82, 2.24) is 5.32 Å². The Morgan fingerprint density at radius 3 is 2.63 bits per heavy atom. The fourth-order valence-electron chi connectivity index (χ4n) is 1.89. The van der Waals surface area contributed by atoms with Gasteiger partial charge in [-0.2, -0.15) is 4.52 Å². The van der Waals surface area contributed by atoms with Crippen molar-refractivity contribution >= 4 is 13.9 Å². The van der Waals surface area contributed by atoms with Crippen LogP contribution >= 0.6 is 7.94 Å². The normalized spacial score (nSPS) is 25.7. The van der Waals surface area contributed by atoms with Crippen molar-refractivity contribution in [3.8, 4) is 0 Å². The van der Waals surface area contributed by atoms with Gasteiger partial charge in [0, 0.05) is 5.56 Å². The molecule has 0 bridgehead atoms. The summed E-state index contributed by atoms with van der Waals surface area (Å²) in [7, 11) is -2.19. The molecular weight excluding hydrogens is 265 g/mol. The van der Waals surface area contributed by atoms with Crippen molar-refractivity contribution in [2.24, 2.45) is 0 Å². The lowest BCUT2D eigenvalue weighted by atomic mass is 10.2. The SMILES string of the molecule is CCO[P+]1(CCNC(=O)c2ccccc2)OC(C)O1. The molecule has 1 amide bonds. The first-order chi connectivity index (χ1) is 9.15. The lowest BCUT2D eigenvalue weighted by molar-refractivity contribution is -0.103. The van der Waals surface area contributed by atoms with Gasteiger partial charge >= 0.3 is 7.94 Å². The highest BCUT2D eigenvalue weighted by Gasteiger charge is 2.58. The van der Waals surface area contributed by atoms with Gasteiger partial charge in [0.15, 0.2) is 6.16 Å². The molecule has 0 spiro atoms. The molecule has 0 saturated carbocycles. The Morgan fingerprint density at radius 1 is 1.37 bits per heavy atom. The number of nitrogens with one attached hydrogen (secondary N) is 1. The van der Waals surface area contributed by atoms with E-state index in [2.05, 4.69) is 5.32 Å². The van der Waals surface area contributed by atoms with Gasteiger partial charge in [0.05, 0.1) is 13.2 Å². The van der Waals surface area contributed by atoms with Gasteiger partial charge in [-0.1, -0.05) is 18.2 Å². The van der Waals surface area contributed by atoms with E-state index in [0.717, 1.165) is 0 Å². The standard InChI is InChI=1S/C13H18NO4P/c1-3-16-19(17-11(2)18-19)10-9-14-13(15)12-7-5-4-6-8-12/h4-8,11H,3,9-10H2,1-2H3/p+1. The molecule has 2 rings (SSSR count). The van der Waals surface area contributed by atoms with Gasteiger partial charge in [-0.15, -0.1) is 9.05 Å². The molecule has 1 heterocycles. The second-order valence-electron chi connectivity index (χ2n) is 4.15. The van der Waals surface area contributed by atoms with E-state index in [1.165, 1.54) is 0 Å². The number of benzene rings is 1. The van der Waals surface area contributed by atoms with Gasteiger partial charge in [0.25, 0.3) is 12.2 Å². The Balaban J connectivity index is 1.78. The van der Waals surface area contributed by atoms with Crippen LogP contribution in [0.15, 0.2) is 30.3 Å². The second-order valence-corrected chi connectivity index (χ2v) is 6.50. The summed E-state index contributed by atoms with van der Waals surface area (Å²) >= 11 is 0. The Bertz CT molecular complexity index is 414. The number of carbonyl (C=O) groups is 1. The van der Waals surface area contributed by atoms with Crippen molar-refractivity contribution < 1.29 is 18.4 Å². The van der Waals surface area contributed by atoms with Crippen LogP contribution in [0.25, 0.3) is 0 Å². The van der Waals surface area contributed by atoms with Crippen LogP contribution in [-0.2, 0) is 13.6 Å². The van der Waals surface area contributed by atoms with E-state index in [4.69, 9.17) is 13.6 Å². The zero-order chi connectivity index (χ0) is 13.7. The molecule has 1 fully saturated rings. The van der Waals surface area contributed by atoms with E-state index in [0.29, 0.717) is 24.9 Å². The van der Waals surface area contributed by atoms with Crippen LogP contribution in [-0.4, -0.2) is 31.5 Å². The Morgan fingerprint density at radius 2 is 2.05 bits per heavy atom. The molecule has 5 nitrogen and oxygen atoms in total. The largest absolute Gasteiger partial charge is 0.418 e. The van der Waals surface area contributed by atoms with Gasteiger partial charge in [-0.25, -0.2) is 0 Å². The highest BCUT2D eigenvalue weighted by molar-refractivity contribution is 7.62. The van der Waals surface area contributed by atoms with Gasteiger partial charge in [0.2, 0.25) is 0 Å². The van der Waals surface area contributed by atoms with Crippen LogP contribution in [0.5, 0.6) is 0 Å². The molecule has 1 aromatic rings. The van der Waals surface area contributed by atoms with Crippen LogP contribution in [0.1, 0.15) is 24.2 Å². The third-order valence-electron chi connectivity index (χ3n) is 2.65. The summed E-state index contributed by atoms with van der Waals surface area (Å²) < 4.78 is 16.7. The maximum Gasteiger partial charge on any atom is 0.418 e. The highest BCUT2D eigenvalue weighted by atomic mass is 31.2. The van der Waals surface area contributed by atoms with E-state index in [1.54, 1.807) is 12.1 Å². The Labute approximate surface area is 113 Å². The topological polar surface area (TPSA) is 56.8 Å². The maximum absolute atomic E-state index is 11.8. The fourth-order valence-corrected chi connectivity index (χ4v) is 4.05. The third-order valence-corrected chi connectivity index (χ3v) is 5.31. The molecule has 0 aliphatic carbocycles. The minimum atomic E-state index is -2.19. The molecule has 19 heavy (non-hydrogen) atoms. The minimum Gasteiger partial charge on any atom is -0.348 e. The highest BCUT2D eigenvalue weighted by Crippen LogP contribution is 2.70. The van der Waals surface area contributed by atoms with E-state index < -0.39 is 7.94 Å². The summed E-state index contributed by atoms with van der Waals surface area (Å²) in [5.74, 6) is -0.0937. The lowest BCUT2D eigenvalue weighted by Crippen LogP contribution is -2.35. The number of amides is 1. The quantitative estimate of drug-likeness (QED) is 0.816. The predicted octanol–water partition coefficient (Wildman–Crippen LogP) is 2.61. The number of rotatable bonds is 6. The van der Waals surface area contributed by atoms with Gasteiger partial charge in [-0.05, 0) is 26.0 Å². The number of carbonyl (C=O) groups excluding carboxylic acids is 1. The van der Waals surface area contributed by atoms with Gasteiger partial charge < -0.3 is 5.32 Å². The van der Waals surface area contributed by atoms with E-state index in [-0.39, 0.29) is 12.2 Å². The van der Waals surface area contributed by atoms with Crippen molar-refractivity contribution in [3.05, 3.63) is 35.9 Å². The summed E-state index contributed by atoms with van der Waals surface area (Å²) in [6, 6.07) is 9.11. The van der Waals surface area contributed by atoms with E-state index in [1.807, 2.05) is 32.0 Å². The second kappa shape index (κ2) is 6.44. The van der Waals surface area contributed by atoms with Crippen LogP contribution < -0.4 is 5.32 Å². The summed E-state index contributed by atoms with van der Waals surface area (Å²) in [4.78, 5) is 11.8. The van der Waals surface area contributed by atoms with Crippen LogP contribution in [0.2, 0.25) is 0 Å². The smallest absolute Gasteiger partial charge is 0.348 e. The molecule has 1 aliphatic heterocycles. The van der Waals surface area contributed by atoms with E-state index >= 15 is 0 Å². The fraction of sp³-hybridized carbons (Fsp3) is 0.462. The first-order valence-electron chi connectivity index (χ1n) is 6.38.